The summed E-state index contributed by atoms with van der Waals surface area (Å²) < 4.78 is 0. The zero-order valence-electron chi connectivity index (χ0n) is 8.81. The Morgan fingerprint density at radius 2 is 2.44 bits per heavy atom. The summed E-state index contributed by atoms with van der Waals surface area (Å²) >= 11 is 0. The van der Waals surface area contributed by atoms with Crippen molar-refractivity contribution in [2.24, 2.45) is 0 Å². The number of hydrogen-bond donors (Lipinski definition) is 2. The van der Waals surface area contributed by atoms with Crippen LogP contribution in [0.2, 0.25) is 0 Å². The van der Waals surface area contributed by atoms with Crippen LogP contribution < -0.4 is 0 Å². The van der Waals surface area contributed by atoms with E-state index in [-0.39, 0.29) is 18.6 Å². The van der Waals surface area contributed by atoms with E-state index in [1.807, 2.05) is 6.07 Å². The van der Waals surface area contributed by atoms with Crippen molar-refractivity contribution < 1.29 is 9.90 Å². The molecule has 0 unspecified atom stereocenters. The molecular weight excluding hydrogens is 206 g/mol. The zero-order valence-corrected chi connectivity index (χ0v) is 8.81. The van der Waals surface area contributed by atoms with Gasteiger partial charge in [-0.3, -0.25) is 4.79 Å². The first kappa shape index (κ1) is 10.7. The van der Waals surface area contributed by atoms with E-state index in [1.165, 1.54) is 12.3 Å². The zero-order chi connectivity index (χ0) is 11.5. The number of H-pyrrole nitrogens is 1. The van der Waals surface area contributed by atoms with E-state index < -0.39 is 0 Å². The summed E-state index contributed by atoms with van der Waals surface area (Å²) in [5, 5.41) is 17.6. The number of carbonyl (C=O) groups is 1. The highest BCUT2D eigenvalue weighted by atomic mass is 16.3. The van der Waals surface area contributed by atoms with Gasteiger partial charge in [0.25, 0.3) is 5.91 Å². The quantitative estimate of drug-likeness (QED) is 0.773. The predicted octanol–water partition coefficient (Wildman–Crippen LogP) is 0.483. The first-order valence-electron chi connectivity index (χ1n) is 5.26. The lowest BCUT2D eigenvalue weighted by atomic mass is 10.2. The fourth-order valence-corrected chi connectivity index (χ4v) is 1.69. The fraction of sp³-hybridized carbons (Fsp3) is 0.455. The van der Waals surface area contributed by atoms with Crippen molar-refractivity contribution in [2.75, 3.05) is 13.2 Å². The largest absolute Gasteiger partial charge is 0.395 e. The summed E-state index contributed by atoms with van der Waals surface area (Å²) in [6.45, 7) is 0.328. The van der Waals surface area contributed by atoms with E-state index in [9.17, 15) is 4.79 Å². The third-order valence-corrected chi connectivity index (χ3v) is 2.64. The second-order valence-electron chi connectivity index (χ2n) is 3.87. The third-order valence-electron chi connectivity index (χ3n) is 2.64. The van der Waals surface area contributed by atoms with Gasteiger partial charge in [-0.25, -0.2) is 0 Å². The van der Waals surface area contributed by atoms with Crippen molar-refractivity contribution in [3.05, 3.63) is 23.5 Å². The van der Waals surface area contributed by atoms with Gasteiger partial charge < -0.3 is 15.0 Å². The van der Waals surface area contributed by atoms with E-state index in [2.05, 4.69) is 4.98 Å². The SMILES string of the molecule is N#Cc1cc(C(=O)N(CCO)C2CC2)c[nH]1. The number of aliphatic hydroxyl groups excluding tert-OH is 1. The predicted molar refractivity (Wildman–Crippen MR) is 56.7 cm³/mol. The fourth-order valence-electron chi connectivity index (χ4n) is 1.69. The van der Waals surface area contributed by atoms with Crippen LogP contribution in [0.3, 0.4) is 0 Å². The van der Waals surface area contributed by atoms with Gasteiger partial charge >= 0.3 is 0 Å². The Bertz CT molecular complexity index is 429. The second-order valence-corrected chi connectivity index (χ2v) is 3.87. The van der Waals surface area contributed by atoms with Gasteiger partial charge in [-0.2, -0.15) is 5.26 Å². The van der Waals surface area contributed by atoms with Crippen molar-refractivity contribution in [1.82, 2.24) is 9.88 Å². The molecule has 0 saturated heterocycles. The van der Waals surface area contributed by atoms with Crippen LogP contribution in [0.25, 0.3) is 0 Å². The van der Waals surface area contributed by atoms with Crippen LogP contribution in [-0.2, 0) is 0 Å². The number of carbonyl (C=O) groups excluding carboxylic acids is 1. The summed E-state index contributed by atoms with van der Waals surface area (Å²) in [6, 6.07) is 3.74. The van der Waals surface area contributed by atoms with Gasteiger partial charge in [0.05, 0.1) is 12.2 Å². The summed E-state index contributed by atoms with van der Waals surface area (Å²) in [7, 11) is 0. The number of amides is 1. The molecule has 0 aliphatic heterocycles. The first-order chi connectivity index (χ1) is 7.76. The van der Waals surface area contributed by atoms with Crippen molar-refractivity contribution in [3.8, 4) is 6.07 Å². The van der Waals surface area contributed by atoms with Crippen LogP contribution in [-0.4, -0.2) is 40.1 Å². The molecule has 0 aromatic carbocycles. The van der Waals surface area contributed by atoms with Crippen molar-refractivity contribution in [3.63, 3.8) is 0 Å². The van der Waals surface area contributed by atoms with Gasteiger partial charge in [-0.05, 0) is 18.9 Å². The van der Waals surface area contributed by atoms with Crippen LogP contribution in [0, 0.1) is 11.3 Å². The molecule has 1 aromatic heterocycles. The highest BCUT2D eigenvalue weighted by Crippen LogP contribution is 2.27. The van der Waals surface area contributed by atoms with Gasteiger partial charge in [0.1, 0.15) is 11.8 Å². The number of nitriles is 1. The summed E-state index contributed by atoms with van der Waals surface area (Å²) in [5.41, 5.74) is 0.861. The van der Waals surface area contributed by atoms with Crippen molar-refractivity contribution >= 4 is 5.91 Å². The van der Waals surface area contributed by atoms with Gasteiger partial charge in [0.15, 0.2) is 0 Å². The minimum atomic E-state index is -0.116. The number of aliphatic hydroxyl groups is 1. The van der Waals surface area contributed by atoms with Gasteiger partial charge in [-0.1, -0.05) is 0 Å². The number of aromatic amines is 1. The second kappa shape index (κ2) is 4.37. The molecule has 1 saturated carbocycles. The van der Waals surface area contributed by atoms with E-state index in [0.717, 1.165) is 12.8 Å². The van der Waals surface area contributed by atoms with Crippen LogP contribution >= 0.6 is 0 Å². The molecule has 0 spiro atoms. The van der Waals surface area contributed by atoms with E-state index in [1.54, 1.807) is 4.90 Å². The molecule has 1 aromatic rings. The number of aromatic nitrogens is 1. The van der Waals surface area contributed by atoms with Gasteiger partial charge in [0, 0.05) is 18.8 Å². The number of nitrogens with zero attached hydrogens (tertiary/aromatic N) is 2. The molecule has 84 valence electrons. The summed E-state index contributed by atoms with van der Waals surface area (Å²) in [4.78, 5) is 16.4. The van der Waals surface area contributed by atoms with Crippen LogP contribution in [0.1, 0.15) is 28.9 Å². The normalized spacial score (nSPS) is 14.5. The molecule has 1 aliphatic rings. The van der Waals surface area contributed by atoms with E-state index in [4.69, 9.17) is 10.4 Å². The molecule has 5 nitrogen and oxygen atoms in total. The maximum absolute atomic E-state index is 12.0. The highest BCUT2D eigenvalue weighted by molar-refractivity contribution is 5.94. The van der Waals surface area contributed by atoms with Crippen molar-refractivity contribution in [1.29, 1.82) is 5.26 Å². The topological polar surface area (TPSA) is 80.1 Å². The molecule has 1 fully saturated rings. The Balaban J connectivity index is 2.12. The Morgan fingerprint density at radius 3 is 2.94 bits per heavy atom. The average Bonchev–Trinajstić information content (AvgIpc) is 3.02. The molecule has 5 heteroatoms. The van der Waals surface area contributed by atoms with E-state index in [0.29, 0.717) is 17.8 Å². The van der Waals surface area contributed by atoms with Gasteiger partial charge in [0.2, 0.25) is 0 Å². The lowest BCUT2D eigenvalue weighted by Gasteiger charge is -2.20. The van der Waals surface area contributed by atoms with E-state index >= 15 is 0 Å². The van der Waals surface area contributed by atoms with Gasteiger partial charge in [-0.15, -0.1) is 0 Å². The Labute approximate surface area is 93.3 Å². The Hall–Kier alpha value is -1.80. The molecule has 1 aliphatic carbocycles. The van der Waals surface area contributed by atoms with Crippen molar-refractivity contribution in [2.45, 2.75) is 18.9 Å². The molecule has 2 rings (SSSR count). The molecule has 1 heterocycles. The Morgan fingerprint density at radius 1 is 1.69 bits per heavy atom. The summed E-state index contributed by atoms with van der Waals surface area (Å²) in [6.07, 6.45) is 3.54. The molecule has 16 heavy (non-hydrogen) atoms. The molecular formula is C11H13N3O2. The molecule has 1 amide bonds. The number of nitrogens with one attached hydrogen (secondary N) is 1. The lowest BCUT2D eigenvalue weighted by molar-refractivity contribution is 0.0708. The molecule has 2 N–H and O–H groups in total. The first-order valence-corrected chi connectivity index (χ1v) is 5.26. The summed E-state index contributed by atoms with van der Waals surface area (Å²) in [5.74, 6) is -0.116. The minimum absolute atomic E-state index is 0.0300. The van der Waals surface area contributed by atoms with Crippen LogP contribution in [0.4, 0.5) is 0 Å². The maximum atomic E-state index is 12.0. The standard InChI is InChI=1S/C11H13N3O2/c12-6-9-5-8(7-13-9)11(16)14(3-4-15)10-1-2-10/h5,7,10,13,15H,1-4H2. The lowest BCUT2D eigenvalue weighted by Crippen LogP contribution is -2.35. The molecule has 0 atom stereocenters. The number of rotatable bonds is 4. The number of hydrogen-bond acceptors (Lipinski definition) is 3. The smallest absolute Gasteiger partial charge is 0.255 e. The minimum Gasteiger partial charge on any atom is -0.395 e. The molecule has 0 bridgehead atoms. The Kier molecular flexibility index (Phi) is 2.93. The monoisotopic (exact) mass is 219 g/mol. The molecule has 0 radical (unpaired) electrons. The average molecular weight is 219 g/mol. The third kappa shape index (κ3) is 2.07. The highest BCUT2D eigenvalue weighted by Gasteiger charge is 2.32. The maximum Gasteiger partial charge on any atom is 0.255 e. The van der Waals surface area contributed by atoms with Crippen LogP contribution in [0.5, 0.6) is 0 Å². The van der Waals surface area contributed by atoms with Crippen LogP contribution in [0.15, 0.2) is 12.3 Å².